The van der Waals surface area contributed by atoms with Crippen LogP contribution in [0.2, 0.25) is 0 Å². The first kappa shape index (κ1) is 12.8. The highest BCUT2D eigenvalue weighted by Gasteiger charge is 2.11. The first-order valence-electron chi connectivity index (χ1n) is 6.45. The molecule has 1 saturated heterocycles. The molecule has 1 aliphatic rings. The lowest BCUT2D eigenvalue weighted by Gasteiger charge is -2.26. The molecule has 0 N–H and O–H groups in total. The van der Waals surface area contributed by atoms with E-state index in [0.717, 1.165) is 32.0 Å². The lowest BCUT2D eigenvalue weighted by Crippen LogP contribution is -2.14. The van der Waals surface area contributed by atoms with Gasteiger partial charge in [0.05, 0.1) is 19.8 Å². The van der Waals surface area contributed by atoms with E-state index in [4.69, 9.17) is 9.47 Å². The molecule has 1 aliphatic heterocycles. The Balaban J connectivity index is 1.88. The lowest BCUT2D eigenvalue weighted by molar-refractivity contribution is 0.160. The molecule has 1 heterocycles. The second kappa shape index (κ2) is 6.92. The highest BCUT2D eigenvalue weighted by molar-refractivity contribution is 8.17. The first-order chi connectivity index (χ1) is 8.40. The Morgan fingerprint density at radius 1 is 1.18 bits per heavy atom. The zero-order valence-corrected chi connectivity index (χ0v) is 11.4. The third kappa shape index (κ3) is 3.93. The van der Waals surface area contributed by atoms with Crippen molar-refractivity contribution in [3.8, 4) is 5.75 Å². The molecule has 0 unspecified atom stereocenters. The molecular formula is C14H22O2S. The predicted octanol–water partition coefficient (Wildman–Crippen LogP) is 3.26. The monoisotopic (exact) mass is 254 g/mol. The highest BCUT2D eigenvalue weighted by atomic mass is 32.2. The largest absolute Gasteiger partial charge is 0.494 e. The Bertz CT molecular complexity index is 317. The van der Waals surface area contributed by atoms with Crippen LogP contribution in [0.3, 0.4) is 0 Å². The fraction of sp³-hybridized carbons (Fsp3) is 0.571. The van der Waals surface area contributed by atoms with Crippen molar-refractivity contribution < 1.29 is 9.47 Å². The van der Waals surface area contributed by atoms with E-state index < -0.39 is 0 Å². The van der Waals surface area contributed by atoms with E-state index in [0.29, 0.717) is 0 Å². The lowest BCUT2D eigenvalue weighted by atomic mass is 10.3. The summed E-state index contributed by atoms with van der Waals surface area (Å²) < 4.78 is 11.1. The quantitative estimate of drug-likeness (QED) is 0.642. The fourth-order valence-corrected chi connectivity index (χ4v) is 3.92. The minimum atomic E-state index is 0.0242. The van der Waals surface area contributed by atoms with Crippen LogP contribution in [-0.2, 0) is 4.74 Å². The third-order valence-corrected chi connectivity index (χ3v) is 5.45. The van der Waals surface area contributed by atoms with Gasteiger partial charge in [0.25, 0.3) is 0 Å². The maximum Gasteiger partial charge on any atom is 0.119 e. The molecule has 0 amide bonds. The average molecular weight is 254 g/mol. The molecule has 3 heteroatoms. The molecule has 96 valence electrons. The molecule has 0 aliphatic carbocycles. The van der Waals surface area contributed by atoms with E-state index in [1.165, 1.54) is 22.8 Å². The number of thiol groups is 1. The molecule has 0 aromatic heterocycles. The topological polar surface area (TPSA) is 18.5 Å². The fourth-order valence-electron chi connectivity index (χ4n) is 1.91. The van der Waals surface area contributed by atoms with Crippen molar-refractivity contribution >= 4 is 10.9 Å². The molecule has 0 radical (unpaired) electrons. The molecule has 2 rings (SSSR count). The average Bonchev–Trinajstić information content (AvgIpc) is 2.41. The summed E-state index contributed by atoms with van der Waals surface area (Å²) in [6.45, 7) is 4.87. The van der Waals surface area contributed by atoms with Gasteiger partial charge in [-0.05, 0) is 35.6 Å². The maximum atomic E-state index is 5.67. The first-order valence-corrected chi connectivity index (χ1v) is 8.17. The van der Waals surface area contributed by atoms with Crippen molar-refractivity contribution in [1.82, 2.24) is 0 Å². The smallest absolute Gasteiger partial charge is 0.119 e. The van der Waals surface area contributed by atoms with Gasteiger partial charge >= 0.3 is 0 Å². The Hall–Kier alpha value is -0.670. The normalized spacial score (nSPS) is 18.1. The van der Waals surface area contributed by atoms with Crippen LogP contribution in [0.4, 0.5) is 0 Å². The SMILES string of the molecule is CCCCOc1ccc([SH]2CCOCC2)cc1. The van der Waals surface area contributed by atoms with Crippen molar-refractivity contribution in [2.24, 2.45) is 0 Å². The molecule has 0 saturated carbocycles. The van der Waals surface area contributed by atoms with Gasteiger partial charge in [0.1, 0.15) is 5.75 Å². The van der Waals surface area contributed by atoms with Gasteiger partial charge < -0.3 is 9.47 Å². The van der Waals surface area contributed by atoms with Crippen molar-refractivity contribution in [3.05, 3.63) is 24.3 Å². The Kier molecular flexibility index (Phi) is 5.20. The summed E-state index contributed by atoms with van der Waals surface area (Å²) in [4.78, 5) is 1.49. The summed E-state index contributed by atoms with van der Waals surface area (Å²) in [6.07, 6.45) is 2.31. The van der Waals surface area contributed by atoms with Gasteiger partial charge in [0, 0.05) is 11.5 Å². The van der Waals surface area contributed by atoms with E-state index in [-0.39, 0.29) is 10.9 Å². The number of unbranched alkanes of at least 4 members (excludes halogenated alkanes) is 1. The van der Waals surface area contributed by atoms with E-state index in [2.05, 4.69) is 31.2 Å². The number of ether oxygens (including phenoxy) is 2. The summed E-state index contributed by atoms with van der Waals surface area (Å²) in [5, 5.41) is 0. The molecule has 0 spiro atoms. The van der Waals surface area contributed by atoms with Gasteiger partial charge in [-0.25, -0.2) is 10.9 Å². The summed E-state index contributed by atoms with van der Waals surface area (Å²) in [5.41, 5.74) is 0. The minimum absolute atomic E-state index is 0.0242. The predicted molar refractivity (Wildman–Crippen MR) is 74.7 cm³/mol. The number of benzene rings is 1. The van der Waals surface area contributed by atoms with Gasteiger partial charge in [0.15, 0.2) is 0 Å². The van der Waals surface area contributed by atoms with Crippen molar-refractivity contribution in [1.29, 1.82) is 0 Å². The van der Waals surface area contributed by atoms with Crippen LogP contribution < -0.4 is 4.74 Å². The van der Waals surface area contributed by atoms with Crippen LogP contribution in [0.1, 0.15) is 19.8 Å². The van der Waals surface area contributed by atoms with E-state index in [1.807, 2.05) is 0 Å². The van der Waals surface area contributed by atoms with Crippen LogP contribution in [0, 0.1) is 0 Å². The summed E-state index contributed by atoms with van der Waals surface area (Å²) in [6, 6.07) is 8.70. The molecule has 1 aromatic carbocycles. The van der Waals surface area contributed by atoms with E-state index in [9.17, 15) is 0 Å². The van der Waals surface area contributed by atoms with Crippen LogP contribution in [0.25, 0.3) is 0 Å². The van der Waals surface area contributed by atoms with Gasteiger partial charge in [-0.1, -0.05) is 13.3 Å². The summed E-state index contributed by atoms with van der Waals surface area (Å²) in [5.74, 6) is 3.43. The van der Waals surface area contributed by atoms with E-state index >= 15 is 0 Å². The molecule has 0 bridgehead atoms. The van der Waals surface area contributed by atoms with Crippen molar-refractivity contribution in [2.45, 2.75) is 24.7 Å². The number of hydrogen-bond acceptors (Lipinski definition) is 2. The van der Waals surface area contributed by atoms with Crippen molar-refractivity contribution in [3.63, 3.8) is 0 Å². The molecule has 2 nitrogen and oxygen atoms in total. The molecule has 17 heavy (non-hydrogen) atoms. The Morgan fingerprint density at radius 2 is 1.88 bits per heavy atom. The molecule has 0 atom stereocenters. The second-order valence-corrected chi connectivity index (χ2v) is 6.79. The number of rotatable bonds is 5. The summed E-state index contributed by atoms with van der Waals surface area (Å²) in [7, 11) is 0.0242. The second-order valence-electron chi connectivity index (χ2n) is 4.30. The van der Waals surface area contributed by atoms with Crippen molar-refractivity contribution in [2.75, 3.05) is 31.3 Å². The summed E-state index contributed by atoms with van der Waals surface area (Å²) >= 11 is 0. The minimum Gasteiger partial charge on any atom is -0.494 e. The van der Waals surface area contributed by atoms with Crippen LogP contribution in [0.5, 0.6) is 5.75 Å². The zero-order valence-electron chi connectivity index (χ0n) is 10.5. The molecular weight excluding hydrogens is 232 g/mol. The van der Waals surface area contributed by atoms with Crippen LogP contribution >= 0.6 is 10.9 Å². The van der Waals surface area contributed by atoms with Gasteiger partial charge in [-0.3, -0.25) is 0 Å². The molecule has 1 aromatic rings. The van der Waals surface area contributed by atoms with Gasteiger partial charge in [-0.15, -0.1) is 0 Å². The van der Waals surface area contributed by atoms with E-state index in [1.54, 1.807) is 0 Å². The van der Waals surface area contributed by atoms with Gasteiger partial charge in [0.2, 0.25) is 0 Å². The Labute approximate surface area is 107 Å². The van der Waals surface area contributed by atoms with Gasteiger partial charge in [-0.2, -0.15) is 0 Å². The molecule has 1 fully saturated rings. The number of hydrogen-bond donors (Lipinski definition) is 1. The third-order valence-electron chi connectivity index (χ3n) is 2.98. The standard InChI is InChI=1S/C14H22O2S/c1-2-3-8-16-13-4-6-14(7-5-13)17-11-9-15-10-12-17/h4-7,17H,2-3,8-12H2,1H3. The Morgan fingerprint density at radius 3 is 2.53 bits per heavy atom. The van der Waals surface area contributed by atoms with Crippen LogP contribution in [0.15, 0.2) is 29.2 Å². The zero-order chi connectivity index (χ0) is 11.9. The maximum absolute atomic E-state index is 5.67. The highest BCUT2D eigenvalue weighted by Crippen LogP contribution is 2.38. The van der Waals surface area contributed by atoms with Crippen LogP contribution in [-0.4, -0.2) is 31.3 Å².